The van der Waals surface area contributed by atoms with E-state index in [4.69, 9.17) is 8.53 Å². The minimum Gasteiger partial charge on any atom is -0.501 e. The van der Waals surface area contributed by atoms with E-state index in [1.165, 1.54) is 17.8 Å². The summed E-state index contributed by atoms with van der Waals surface area (Å²) < 4.78 is 29.4. The second-order valence-electron chi connectivity index (χ2n) is 10.3. The van der Waals surface area contributed by atoms with Gasteiger partial charge >= 0.3 is 0 Å². The summed E-state index contributed by atoms with van der Waals surface area (Å²) >= 11 is 0. The number of aromatic nitrogens is 2. The molecule has 3 heterocycles. The van der Waals surface area contributed by atoms with Gasteiger partial charge in [-0.3, -0.25) is 0 Å². The molecule has 4 aromatic carbocycles. The average molecular weight is 726 g/mol. The Morgan fingerprint density at radius 1 is 0.690 bits per heavy atom. The van der Waals surface area contributed by atoms with E-state index >= 15 is 0 Å². The third kappa shape index (κ3) is 5.97. The maximum Gasteiger partial charge on any atom is 0.121 e. The van der Waals surface area contributed by atoms with Gasteiger partial charge in [-0.2, -0.15) is 0 Å². The van der Waals surface area contributed by atoms with Gasteiger partial charge in [0.25, 0.3) is 0 Å². The minimum atomic E-state index is -2.20. The van der Waals surface area contributed by atoms with E-state index in [1.54, 1.807) is 12.3 Å². The molecule has 0 aliphatic carbocycles. The number of pyridine rings is 2. The van der Waals surface area contributed by atoms with E-state index in [9.17, 15) is 0 Å². The zero-order valence-corrected chi connectivity index (χ0v) is 25.7. The van der Waals surface area contributed by atoms with Gasteiger partial charge in [-0.15, -0.1) is 54.1 Å². The van der Waals surface area contributed by atoms with Crippen molar-refractivity contribution in [1.82, 2.24) is 9.97 Å². The Labute approximate surface area is 264 Å². The standard InChI is InChI=1S/C27H22NO.C11H8N.Ir/c1-18-14-15-28-24(16-18)23-11-7-10-22-21-13-12-20(17-25(21)29-26(22)23)27(2,3)19-8-5-4-6-9-19;1-2-6-10(7-3-1)11-8-4-5-9-12-11;/h4-10,12-17H,1-3H3;1-6,8-9H;/q2*-1;/i1D3;;. The number of hydrogen-bond donors (Lipinski definition) is 0. The van der Waals surface area contributed by atoms with Crippen LogP contribution in [-0.4, -0.2) is 9.97 Å². The van der Waals surface area contributed by atoms with Crippen molar-refractivity contribution in [2.75, 3.05) is 0 Å². The van der Waals surface area contributed by atoms with Crippen molar-refractivity contribution in [3.8, 4) is 22.5 Å². The second kappa shape index (κ2) is 12.6. The zero-order chi connectivity index (χ0) is 30.7. The van der Waals surface area contributed by atoms with E-state index < -0.39 is 6.85 Å². The summed E-state index contributed by atoms with van der Waals surface area (Å²) in [5.74, 6) is 0. The largest absolute Gasteiger partial charge is 0.501 e. The van der Waals surface area contributed by atoms with E-state index in [2.05, 4.69) is 78.4 Å². The SMILES string of the molecule is [2H]C([2H])([2H])c1ccnc(-c2[c-]ccc3c2oc2cc(C(C)(C)c4ccccc4)ccc23)c1.[Ir].[c-]1ccccc1-c1ccccn1. The van der Waals surface area contributed by atoms with Gasteiger partial charge < -0.3 is 14.4 Å². The molecular formula is C38H30IrN2O-2. The molecule has 0 atom stereocenters. The molecule has 3 aromatic heterocycles. The maximum absolute atomic E-state index is 7.71. The van der Waals surface area contributed by atoms with Crippen LogP contribution in [0, 0.1) is 19.0 Å². The van der Waals surface area contributed by atoms with E-state index in [0.717, 1.165) is 33.2 Å². The maximum atomic E-state index is 7.71. The molecule has 0 saturated heterocycles. The van der Waals surface area contributed by atoms with Crippen LogP contribution in [0.4, 0.5) is 0 Å². The first-order chi connectivity index (χ1) is 21.2. The normalized spacial score (nSPS) is 12.4. The van der Waals surface area contributed by atoms with Crippen molar-refractivity contribution in [2.45, 2.75) is 26.1 Å². The quantitative estimate of drug-likeness (QED) is 0.170. The van der Waals surface area contributed by atoms with E-state index in [-0.39, 0.29) is 31.1 Å². The first-order valence-electron chi connectivity index (χ1n) is 15.0. The molecule has 0 spiro atoms. The van der Waals surface area contributed by atoms with Crippen LogP contribution in [0.5, 0.6) is 0 Å². The number of aryl methyl sites for hydroxylation is 1. The molecule has 7 rings (SSSR count). The second-order valence-corrected chi connectivity index (χ2v) is 10.3. The molecule has 0 bridgehead atoms. The topological polar surface area (TPSA) is 38.9 Å². The summed E-state index contributed by atoms with van der Waals surface area (Å²) in [5, 5.41) is 1.97. The Morgan fingerprint density at radius 2 is 1.50 bits per heavy atom. The number of rotatable bonds is 4. The number of fused-ring (bicyclic) bond motifs is 3. The molecule has 0 amide bonds. The summed E-state index contributed by atoms with van der Waals surface area (Å²) in [5.41, 5.74) is 7.10. The Hall–Kier alpha value is -4.37. The monoisotopic (exact) mass is 726 g/mol. The molecule has 7 aromatic rings. The molecular weight excluding hydrogens is 693 g/mol. The van der Waals surface area contributed by atoms with E-state index in [0.29, 0.717) is 16.8 Å². The van der Waals surface area contributed by atoms with E-state index in [1.807, 2.05) is 60.7 Å². The number of furan rings is 1. The molecule has 3 nitrogen and oxygen atoms in total. The van der Waals surface area contributed by atoms with Crippen LogP contribution in [0.25, 0.3) is 44.5 Å². The third-order valence-electron chi connectivity index (χ3n) is 7.32. The number of hydrogen-bond acceptors (Lipinski definition) is 3. The molecule has 0 fully saturated rings. The smallest absolute Gasteiger partial charge is 0.121 e. The van der Waals surface area contributed by atoms with Crippen molar-refractivity contribution >= 4 is 21.9 Å². The summed E-state index contributed by atoms with van der Waals surface area (Å²) in [4.78, 5) is 8.62. The molecule has 1 radical (unpaired) electrons. The van der Waals surface area contributed by atoms with Gasteiger partial charge in [-0.1, -0.05) is 91.0 Å². The van der Waals surface area contributed by atoms with Gasteiger partial charge in [-0.25, -0.2) is 0 Å². The molecule has 4 heteroatoms. The zero-order valence-electron chi connectivity index (χ0n) is 26.3. The predicted octanol–water partition coefficient (Wildman–Crippen LogP) is 9.63. The number of benzene rings is 4. The van der Waals surface area contributed by atoms with Gasteiger partial charge in [0.05, 0.1) is 5.58 Å². The Morgan fingerprint density at radius 3 is 2.26 bits per heavy atom. The fourth-order valence-electron chi connectivity index (χ4n) is 4.98. The Bertz CT molecular complexity index is 1990. The molecule has 0 aliphatic heterocycles. The summed E-state index contributed by atoms with van der Waals surface area (Å²) in [7, 11) is 0. The summed E-state index contributed by atoms with van der Waals surface area (Å²) in [6.45, 7) is 2.21. The van der Waals surface area contributed by atoms with Crippen LogP contribution in [0.1, 0.15) is 34.7 Å². The van der Waals surface area contributed by atoms with Crippen molar-refractivity contribution in [3.63, 3.8) is 0 Å². The van der Waals surface area contributed by atoms with Crippen molar-refractivity contribution in [3.05, 3.63) is 156 Å². The summed E-state index contributed by atoms with van der Waals surface area (Å²) in [6, 6.07) is 43.7. The van der Waals surface area contributed by atoms with Crippen molar-refractivity contribution in [2.24, 2.45) is 0 Å². The van der Waals surface area contributed by atoms with Gasteiger partial charge in [0, 0.05) is 47.4 Å². The van der Waals surface area contributed by atoms with Crippen LogP contribution in [0.2, 0.25) is 0 Å². The van der Waals surface area contributed by atoms with Crippen LogP contribution >= 0.6 is 0 Å². The molecule has 0 N–H and O–H groups in total. The summed E-state index contributed by atoms with van der Waals surface area (Å²) in [6.07, 6.45) is 3.31. The first kappa shape index (κ1) is 25.3. The molecule has 0 unspecified atom stereocenters. The fraction of sp³-hybridized carbons (Fsp3) is 0.105. The van der Waals surface area contributed by atoms with Gasteiger partial charge in [0.1, 0.15) is 5.58 Å². The van der Waals surface area contributed by atoms with Crippen LogP contribution in [0.15, 0.2) is 132 Å². The Kier molecular flexibility index (Phi) is 7.63. The molecule has 42 heavy (non-hydrogen) atoms. The first-order valence-corrected chi connectivity index (χ1v) is 13.5. The minimum absolute atomic E-state index is 0. The fourth-order valence-corrected chi connectivity index (χ4v) is 4.98. The van der Waals surface area contributed by atoms with Crippen molar-refractivity contribution < 1.29 is 28.6 Å². The van der Waals surface area contributed by atoms with Crippen LogP contribution in [0.3, 0.4) is 0 Å². The van der Waals surface area contributed by atoms with Crippen LogP contribution < -0.4 is 0 Å². The molecule has 0 aliphatic rings. The molecule has 209 valence electrons. The van der Waals surface area contributed by atoms with Crippen molar-refractivity contribution in [1.29, 1.82) is 0 Å². The van der Waals surface area contributed by atoms with Gasteiger partial charge in [0.15, 0.2) is 0 Å². The van der Waals surface area contributed by atoms with Crippen LogP contribution in [-0.2, 0) is 25.5 Å². The number of nitrogens with zero attached hydrogens (tertiary/aromatic N) is 2. The van der Waals surface area contributed by atoms with Gasteiger partial charge in [-0.05, 0) is 47.6 Å². The predicted molar refractivity (Wildman–Crippen MR) is 168 cm³/mol. The Balaban J connectivity index is 0.000000258. The van der Waals surface area contributed by atoms with Gasteiger partial charge in [0.2, 0.25) is 0 Å². The third-order valence-corrected chi connectivity index (χ3v) is 7.32. The molecule has 0 saturated carbocycles. The average Bonchev–Trinajstić information content (AvgIpc) is 3.44.